The topological polar surface area (TPSA) is 45.0 Å². The van der Waals surface area contributed by atoms with Crippen molar-refractivity contribution in [1.29, 1.82) is 5.26 Å². The Labute approximate surface area is 89.7 Å². The summed E-state index contributed by atoms with van der Waals surface area (Å²) in [5.41, 5.74) is 2.24. The van der Waals surface area contributed by atoms with Crippen LogP contribution in [0.2, 0.25) is 0 Å². The summed E-state index contributed by atoms with van der Waals surface area (Å²) >= 11 is 0. The number of nitriles is 1. The standard InChI is InChI=1S/C12H14N2O/c1-9-4-5-11-12(7-9)15-8-10(14-11)3-2-6-13/h4-5,7,10,14H,2-3,8H2,1H3. The SMILES string of the molecule is Cc1ccc2c(c1)OCC(CCC#N)N2. The van der Waals surface area contributed by atoms with Crippen molar-refractivity contribution in [3.05, 3.63) is 23.8 Å². The fourth-order valence-corrected chi connectivity index (χ4v) is 1.71. The molecule has 78 valence electrons. The third-order valence-electron chi connectivity index (χ3n) is 2.54. The number of rotatable bonds is 2. The minimum absolute atomic E-state index is 0.264. The van der Waals surface area contributed by atoms with Crippen molar-refractivity contribution in [1.82, 2.24) is 0 Å². The summed E-state index contributed by atoms with van der Waals surface area (Å²) < 4.78 is 5.64. The lowest BCUT2D eigenvalue weighted by Crippen LogP contribution is -2.31. The van der Waals surface area contributed by atoms with E-state index in [0.717, 1.165) is 17.9 Å². The van der Waals surface area contributed by atoms with Crippen molar-refractivity contribution < 1.29 is 4.74 Å². The molecule has 1 aromatic carbocycles. The van der Waals surface area contributed by atoms with Crippen LogP contribution in [-0.2, 0) is 0 Å². The molecule has 0 saturated heterocycles. The van der Waals surface area contributed by atoms with E-state index in [1.807, 2.05) is 19.1 Å². The number of hydrogen-bond donors (Lipinski definition) is 1. The molecule has 1 N–H and O–H groups in total. The molecule has 15 heavy (non-hydrogen) atoms. The van der Waals surface area contributed by atoms with Gasteiger partial charge in [0, 0.05) is 6.42 Å². The fraction of sp³-hybridized carbons (Fsp3) is 0.417. The van der Waals surface area contributed by atoms with Crippen molar-refractivity contribution in [3.63, 3.8) is 0 Å². The highest BCUT2D eigenvalue weighted by Crippen LogP contribution is 2.30. The number of hydrogen-bond acceptors (Lipinski definition) is 3. The Balaban J connectivity index is 2.07. The summed E-state index contributed by atoms with van der Waals surface area (Å²) in [4.78, 5) is 0. The van der Waals surface area contributed by atoms with Crippen LogP contribution in [0.25, 0.3) is 0 Å². The first-order valence-electron chi connectivity index (χ1n) is 5.16. The second-order valence-corrected chi connectivity index (χ2v) is 3.85. The Morgan fingerprint density at radius 2 is 2.47 bits per heavy atom. The fourth-order valence-electron chi connectivity index (χ4n) is 1.71. The van der Waals surface area contributed by atoms with Gasteiger partial charge >= 0.3 is 0 Å². The van der Waals surface area contributed by atoms with Crippen LogP contribution in [0, 0.1) is 18.3 Å². The maximum absolute atomic E-state index is 8.51. The number of anilines is 1. The molecule has 0 bridgehead atoms. The molecule has 1 aromatic rings. The zero-order chi connectivity index (χ0) is 10.7. The zero-order valence-corrected chi connectivity index (χ0v) is 8.79. The van der Waals surface area contributed by atoms with Crippen LogP contribution in [0.1, 0.15) is 18.4 Å². The average Bonchev–Trinajstić information content (AvgIpc) is 2.26. The van der Waals surface area contributed by atoms with Crippen molar-refractivity contribution in [2.45, 2.75) is 25.8 Å². The molecule has 0 saturated carbocycles. The van der Waals surface area contributed by atoms with Gasteiger partial charge in [0.1, 0.15) is 12.4 Å². The maximum Gasteiger partial charge on any atom is 0.142 e. The van der Waals surface area contributed by atoms with Crippen molar-refractivity contribution >= 4 is 5.69 Å². The van der Waals surface area contributed by atoms with Gasteiger partial charge in [-0.15, -0.1) is 0 Å². The van der Waals surface area contributed by atoms with E-state index in [1.165, 1.54) is 5.56 Å². The molecule has 0 aromatic heterocycles. The minimum Gasteiger partial charge on any atom is -0.489 e. The van der Waals surface area contributed by atoms with Gasteiger partial charge in [0.15, 0.2) is 0 Å². The van der Waals surface area contributed by atoms with E-state index in [1.54, 1.807) is 0 Å². The zero-order valence-electron chi connectivity index (χ0n) is 8.79. The second-order valence-electron chi connectivity index (χ2n) is 3.85. The van der Waals surface area contributed by atoms with E-state index in [-0.39, 0.29) is 6.04 Å². The summed E-state index contributed by atoms with van der Waals surface area (Å²) in [5.74, 6) is 0.920. The van der Waals surface area contributed by atoms with Gasteiger partial charge in [-0.1, -0.05) is 6.07 Å². The summed E-state index contributed by atoms with van der Waals surface area (Å²) in [6.45, 7) is 2.70. The lowest BCUT2D eigenvalue weighted by Gasteiger charge is -2.27. The Hall–Kier alpha value is -1.69. The molecule has 2 rings (SSSR count). The molecule has 0 spiro atoms. The molecule has 1 atom stereocenters. The Kier molecular flexibility index (Phi) is 2.77. The summed E-state index contributed by atoms with van der Waals surface area (Å²) in [6.07, 6.45) is 1.41. The largest absolute Gasteiger partial charge is 0.489 e. The van der Waals surface area contributed by atoms with Crippen LogP contribution in [0.3, 0.4) is 0 Å². The quantitative estimate of drug-likeness (QED) is 0.801. The molecular weight excluding hydrogens is 188 g/mol. The minimum atomic E-state index is 0.264. The van der Waals surface area contributed by atoms with Gasteiger partial charge in [-0.3, -0.25) is 0 Å². The van der Waals surface area contributed by atoms with Gasteiger partial charge in [0.05, 0.1) is 17.8 Å². The molecule has 0 fully saturated rings. The Morgan fingerprint density at radius 1 is 1.60 bits per heavy atom. The average molecular weight is 202 g/mol. The highest BCUT2D eigenvalue weighted by atomic mass is 16.5. The Morgan fingerprint density at radius 3 is 3.27 bits per heavy atom. The van der Waals surface area contributed by atoms with E-state index in [4.69, 9.17) is 10.00 Å². The molecule has 3 nitrogen and oxygen atoms in total. The van der Waals surface area contributed by atoms with E-state index in [2.05, 4.69) is 17.5 Å². The van der Waals surface area contributed by atoms with E-state index >= 15 is 0 Å². The monoisotopic (exact) mass is 202 g/mol. The lowest BCUT2D eigenvalue weighted by atomic mass is 10.1. The van der Waals surface area contributed by atoms with Crippen LogP contribution in [0.4, 0.5) is 5.69 Å². The number of nitrogens with zero attached hydrogens (tertiary/aromatic N) is 1. The number of ether oxygens (including phenoxy) is 1. The van der Waals surface area contributed by atoms with E-state index < -0.39 is 0 Å². The summed E-state index contributed by atoms with van der Waals surface area (Å²) in [7, 11) is 0. The number of nitrogens with one attached hydrogen (secondary N) is 1. The van der Waals surface area contributed by atoms with Crippen LogP contribution in [0.5, 0.6) is 5.75 Å². The smallest absolute Gasteiger partial charge is 0.142 e. The second kappa shape index (κ2) is 4.22. The molecule has 0 radical (unpaired) electrons. The van der Waals surface area contributed by atoms with E-state index in [0.29, 0.717) is 13.0 Å². The molecule has 1 heterocycles. The van der Waals surface area contributed by atoms with Crippen LogP contribution >= 0.6 is 0 Å². The van der Waals surface area contributed by atoms with Gasteiger partial charge in [-0.25, -0.2) is 0 Å². The normalized spacial score (nSPS) is 18.3. The maximum atomic E-state index is 8.51. The van der Waals surface area contributed by atoms with Crippen LogP contribution in [-0.4, -0.2) is 12.6 Å². The van der Waals surface area contributed by atoms with Gasteiger partial charge < -0.3 is 10.1 Å². The lowest BCUT2D eigenvalue weighted by molar-refractivity contribution is 0.279. The van der Waals surface area contributed by atoms with Crippen LogP contribution < -0.4 is 10.1 Å². The van der Waals surface area contributed by atoms with E-state index in [9.17, 15) is 0 Å². The van der Waals surface area contributed by atoms with Gasteiger partial charge in [-0.2, -0.15) is 5.26 Å². The third-order valence-corrected chi connectivity index (χ3v) is 2.54. The van der Waals surface area contributed by atoms with Crippen molar-refractivity contribution in [2.75, 3.05) is 11.9 Å². The molecule has 1 aliphatic heterocycles. The molecule has 0 aliphatic carbocycles. The predicted molar refractivity (Wildman–Crippen MR) is 58.9 cm³/mol. The number of benzene rings is 1. The first-order valence-corrected chi connectivity index (χ1v) is 5.16. The van der Waals surface area contributed by atoms with Crippen molar-refractivity contribution in [3.8, 4) is 11.8 Å². The van der Waals surface area contributed by atoms with Crippen molar-refractivity contribution in [2.24, 2.45) is 0 Å². The third kappa shape index (κ3) is 2.21. The molecule has 1 unspecified atom stereocenters. The highest BCUT2D eigenvalue weighted by Gasteiger charge is 2.17. The van der Waals surface area contributed by atoms with Gasteiger partial charge in [0.2, 0.25) is 0 Å². The Bertz CT molecular complexity index is 395. The van der Waals surface area contributed by atoms with Gasteiger partial charge in [0.25, 0.3) is 0 Å². The van der Waals surface area contributed by atoms with Crippen LogP contribution in [0.15, 0.2) is 18.2 Å². The molecule has 1 aliphatic rings. The van der Waals surface area contributed by atoms with Gasteiger partial charge in [-0.05, 0) is 31.0 Å². The summed E-state index contributed by atoms with van der Waals surface area (Å²) in [5, 5.41) is 11.9. The predicted octanol–water partition coefficient (Wildman–Crippen LogP) is 2.47. The first kappa shape index (κ1) is 9.85. The molecular formula is C12H14N2O. The number of aryl methyl sites for hydroxylation is 1. The molecule has 3 heteroatoms. The molecule has 0 amide bonds. The summed E-state index contributed by atoms with van der Waals surface area (Å²) in [6, 6.07) is 8.54. The highest BCUT2D eigenvalue weighted by molar-refractivity contribution is 5.59. The first-order chi connectivity index (χ1) is 7.29. The number of fused-ring (bicyclic) bond motifs is 1.